The molecule has 0 radical (unpaired) electrons. The molecule has 0 spiro atoms. The Morgan fingerprint density at radius 1 is 1.29 bits per heavy atom. The minimum absolute atomic E-state index is 0.354. The summed E-state index contributed by atoms with van der Waals surface area (Å²) >= 11 is 0. The van der Waals surface area contributed by atoms with Crippen molar-refractivity contribution in [2.45, 2.75) is 6.61 Å². The van der Waals surface area contributed by atoms with Gasteiger partial charge in [0.1, 0.15) is 12.7 Å². The summed E-state index contributed by atoms with van der Waals surface area (Å²) in [5, 5.41) is 8.67. The van der Waals surface area contributed by atoms with E-state index in [1.54, 1.807) is 6.07 Å². The summed E-state index contributed by atoms with van der Waals surface area (Å²) in [5.74, 6) is 0.354. The zero-order valence-corrected chi connectivity index (χ0v) is 9.13. The van der Waals surface area contributed by atoms with Crippen molar-refractivity contribution in [1.29, 1.82) is 5.26 Å². The van der Waals surface area contributed by atoms with E-state index >= 15 is 0 Å². The minimum Gasteiger partial charge on any atom is -0.471 e. The molecule has 0 fully saturated rings. The van der Waals surface area contributed by atoms with Crippen molar-refractivity contribution in [2.75, 3.05) is 5.73 Å². The van der Waals surface area contributed by atoms with Crippen LogP contribution >= 0.6 is 0 Å². The molecule has 1 heterocycles. The summed E-state index contributed by atoms with van der Waals surface area (Å²) in [6.07, 6.45) is 1.44. The van der Waals surface area contributed by atoms with Gasteiger partial charge in [-0.25, -0.2) is 4.98 Å². The highest BCUT2D eigenvalue weighted by molar-refractivity contribution is 5.51. The number of nitrogens with zero attached hydrogens (tertiary/aromatic N) is 2. The molecule has 4 nitrogen and oxygen atoms in total. The molecule has 1 aromatic carbocycles. The van der Waals surface area contributed by atoms with Crippen LogP contribution in [0.4, 0.5) is 5.69 Å². The number of aromatic nitrogens is 1. The molecule has 0 bridgehead atoms. The monoisotopic (exact) mass is 225 g/mol. The summed E-state index contributed by atoms with van der Waals surface area (Å²) in [6.45, 7) is 0.407. The van der Waals surface area contributed by atoms with Crippen LogP contribution in [0.5, 0.6) is 5.88 Å². The van der Waals surface area contributed by atoms with Crippen molar-refractivity contribution in [3.8, 4) is 11.9 Å². The lowest BCUT2D eigenvalue weighted by molar-refractivity contribution is 0.296. The molecular weight excluding hydrogens is 214 g/mol. The number of anilines is 1. The van der Waals surface area contributed by atoms with Gasteiger partial charge in [-0.15, -0.1) is 0 Å². The zero-order chi connectivity index (χ0) is 12.1. The molecule has 0 saturated heterocycles. The van der Waals surface area contributed by atoms with E-state index in [4.69, 9.17) is 15.7 Å². The highest BCUT2D eigenvalue weighted by Gasteiger charge is 2.03. The first-order valence-electron chi connectivity index (χ1n) is 5.12. The summed E-state index contributed by atoms with van der Waals surface area (Å²) in [5.41, 5.74) is 7.56. The molecule has 0 aliphatic rings. The highest BCUT2D eigenvalue weighted by atomic mass is 16.5. The number of hydrogen-bond acceptors (Lipinski definition) is 4. The number of ether oxygens (including phenoxy) is 1. The summed E-state index contributed by atoms with van der Waals surface area (Å²) in [7, 11) is 0. The third-order valence-corrected chi connectivity index (χ3v) is 2.23. The van der Waals surface area contributed by atoms with Gasteiger partial charge in [-0.05, 0) is 11.6 Å². The first-order chi connectivity index (χ1) is 8.29. The zero-order valence-electron chi connectivity index (χ0n) is 9.13. The molecule has 1 aromatic heterocycles. The quantitative estimate of drug-likeness (QED) is 0.868. The Labute approximate surface area is 99.3 Å². The van der Waals surface area contributed by atoms with Crippen LogP contribution in [0.3, 0.4) is 0 Å². The van der Waals surface area contributed by atoms with Crippen LogP contribution in [0.15, 0.2) is 42.6 Å². The predicted octanol–water partition coefficient (Wildman–Crippen LogP) is 2.11. The molecule has 2 rings (SSSR count). The van der Waals surface area contributed by atoms with Gasteiger partial charge in [0.05, 0.1) is 11.3 Å². The van der Waals surface area contributed by atoms with Gasteiger partial charge in [0, 0.05) is 6.20 Å². The maximum Gasteiger partial charge on any atom is 0.237 e. The first kappa shape index (κ1) is 11.0. The molecule has 0 aliphatic carbocycles. The lowest BCUT2D eigenvalue weighted by Gasteiger charge is -2.07. The van der Waals surface area contributed by atoms with Crippen LogP contribution in [0.2, 0.25) is 0 Å². The smallest absolute Gasteiger partial charge is 0.237 e. The topological polar surface area (TPSA) is 71.9 Å². The first-order valence-corrected chi connectivity index (χ1v) is 5.12. The van der Waals surface area contributed by atoms with E-state index in [0.717, 1.165) is 5.56 Å². The predicted molar refractivity (Wildman–Crippen MR) is 64.1 cm³/mol. The lowest BCUT2D eigenvalue weighted by Crippen LogP contribution is -2.01. The fraction of sp³-hybridized carbons (Fsp3) is 0.0769. The van der Waals surface area contributed by atoms with Crippen molar-refractivity contribution in [3.05, 3.63) is 53.7 Å². The Bertz CT molecular complexity index is 546. The highest BCUT2D eigenvalue weighted by Crippen LogP contribution is 2.19. The maximum atomic E-state index is 8.67. The average molecular weight is 225 g/mol. The van der Waals surface area contributed by atoms with Crippen LogP contribution in [0, 0.1) is 11.3 Å². The van der Waals surface area contributed by atoms with Crippen LogP contribution in [0.25, 0.3) is 0 Å². The summed E-state index contributed by atoms with van der Waals surface area (Å²) < 4.78 is 5.48. The molecule has 2 N–H and O–H groups in total. The van der Waals surface area contributed by atoms with Crippen LogP contribution in [-0.4, -0.2) is 4.98 Å². The second kappa shape index (κ2) is 4.99. The van der Waals surface area contributed by atoms with E-state index < -0.39 is 0 Å². The van der Waals surface area contributed by atoms with E-state index in [-0.39, 0.29) is 0 Å². The van der Waals surface area contributed by atoms with Gasteiger partial charge < -0.3 is 10.5 Å². The Kier molecular flexibility index (Phi) is 3.22. The molecule has 0 atom stereocenters. The van der Waals surface area contributed by atoms with E-state index in [1.165, 1.54) is 6.20 Å². The van der Waals surface area contributed by atoms with E-state index in [0.29, 0.717) is 23.7 Å². The average Bonchev–Trinajstić information content (AvgIpc) is 2.38. The third kappa shape index (κ3) is 2.73. The number of benzene rings is 1. The Morgan fingerprint density at radius 2 is 2.06 bits per heavy atom. The van der Waals surface area contributed by atoms with Crippen molar-refractivity contribution < 1.29 is 4.74 Å². The van der Waals surface area contributed by atoms with Crippen molar-refractivity contribution in [3.63, 3.8) is 0 Å². The molecule has 0 amide bonds. The second-order valence-corrected chi connectivity index (χ2v) is 3.50. The Hall–Kier alpha value is -2.54. The minimum atomic E-state index is 0.354. The molecule has 0 saturated carbocycles. The summed E-state index contributed by atoms with van der Waals surface area (Å²) in [6, 6.07) is 13.3. The van der Waals surface area contributed by atoms with E-state index in [2.05, 4.69) is 4.98 Å². The second-order valence-electron chi connectivity index (χ2n) is 3.50. The van der Waals surface area contributed by atoms with Crippen molar-refractivity contribution >= 4 is 5.69 Å². The van der Waals surface area contributed by atoms with Crippen LogP contribution < -0.4 is 10.5 Å². The molecule has 17 heavy (non-hydrogen) atoms. The van der Waals surface area contributed by atoms with Gasteiger partial charge >= 0.3 is 0 Å². The number of nitrogen functional groups attached to an aromatic ring is 1. The maximum absolute atomic E-state index is 8.67. The van der Waals surface area contributed by atoms with Crippen molar-refractivity contribution in [2.24, 2.45) is 0 Å². The number of nitrogens with two attached hydrogens (primary N) is 1. The van der Waals surface area contributed by atoms with Crippen LogP contribution in [-0.2, 0) is 6.61 Å². The fourth-order valence-electron chi connectivity index (χ4n) is 1.38. The van der Waals surface area contributed by atoms with Gasteiger partial charge in [-0.2, -0.15) is 5.26 Å². The Balaban J connectivity index is 2.08. The standard InChI is InChI=1S/C13H11N3O/c14-7-11-6-12(15)13(16-8-11)17-9-10-4-2-1-3-5-10/h1-6,8H,9,15H2. The summed E-state index contributed by atoms with van der Waals surface area (Å²) in [4.78, 5) is 3.99. The Morgan fingerprint density at radius 3 is 2.71 bits per heavy atom. The fourth-order valence-corrected chi connectivity index (χ4v) is 1.38. The van der Waals surface area contributed by atoms with E-state index in [1.807, 2.05) is 36.4 Å². The molecule has 0 unspecified atom stereocenters. The SMILES string of the molecule is N#Cc1cnc(OCc2ccccc2)c(N)c1. The van der Waals surface area contributed by atoms with Gasteiger partial charge in [0.2, 0.25) is 5.88 Å². The lowest BCUT2D eigenvalue weighted by atomic mass is 10.2. The normalized spacial score (nSPS) is 9.59. The van der Waals surface area contributed by atoms with Crippen molar-refractivity contribution in [1.82, 2.24) is 4.98 Å². The van der Waals surface area contributed by atoms with E-state index in [9.17, 15) is 0 Å². The number of hydrogen-bond donors (Lipinski definition) is 1. The molecular formula is C13H11N3O. The van der Waals surface area contributed by atoms with Gasteiger partial charge in [-0.3, -0.25) is 0 Å². The number of rotatable bonds is 3. The largest absolute Gasteiger partial charge is 0.471 e. The van der Waals surface area contributed by atoms with Gasteiger partial charge in [-0.1, -0.05) is 30.3 Å². The van der Waals surface area contributed by atoms with Gasteiger partial charge in [0.25, 0.3) is 0 Å². The molecule has 4 heteroatoms. The number of pyridine rings is 1. The molecule has 84 valence electrons. The van der Waals surface area contributed by atoms with Crippen LogP contribution in [0.1, 0.15) is 11.1 Å². The van der Waals surface area contributed by atoms with Gasteiger partial charge in [0.15, 0.2) is 0 Å². The number of nitriles is 1. The molecule has 0 aliphatic heterocycles. The third-order valence-electron chi connectivity index (χ3n) is 2.23. The molecule has 2 aromatic rings.